The molecule has 2 N–H and O–H groups in total. The Hall–Kier alpha value is -2.53. The topological polar surface area (TPSA) is 59.6 Å². The van der Waals surface area contributed by atoms with Gasteiger partial charge in [0.2, 0.25) is 0 Å². The smallest absolute Gasteiger partial charge is 0.323 e. The molecule has 2 aromatic carbocycles. The Morgan fingerprint density at radius 2 is 1.55 bits per heavy atom. The number of hydrogen-bond acceptors (Lipinski definition) is 3. The van der Waals surface area contributed by atoms with Crippen LogP contribution in [0.2, 0.25) is 0 Å². The lowest BCUT2D eigenvalue weighted by atomic mass is 10.3. The van der Waals surface area contributed by atoms with Crippen LogP contribution in [0.1, 0.15) is 6.92 Å². The zero-order valence-corrected chi connectivity index (χ0v) is 12.5. The third-order valence-electron chi connectivity index (χ3n) is 2.84. The molecule has 0 aromatic heterocycles. The number of hydrogen-bond donors (Lipinski definition) is 2. The summed E-state index contributed by atoms with van der Waals surface area (Å²) in [5, 5.41) is 5.52. The second-order valence-corrected chi connectivity index (χ2v) is 4.51. The van der Waals surface area contributed by atoms with Crippen LogP contribution in [0.4, 0.5) is 16.2 Å². The fourth-order valence-corrected chi connectivity index (χ4v) is 1.81. The molecule has 22 heavy (non-hydrogen) atoms. The van der Waals surface area contributed by atoms with E-state index in [-0.39, 0.29) is 6.03 Å². The average molecular weight is 300 g/mol. The molecule has 0 fully saturated rings. The Bertz CT molecular complexity index is 570. The molecule has 0 aliphatic rings. The van der Waals surface area contributed by atoms with Crippen LogP contribution in [0.5, 0.6) is 5.75 Å². The van der Waals surface area contributed by atoms with Crippen LogP contribution in [0, 0.1) is 0 Å². The summed E-state index contributed by atoms with van der Waals surface area (Å²) in [6.07, 6.45) is 0. The SMILES string of the molecule is CCOCCOc1ccc(NC(=O)Nc2ccccc2)cc1. The first-order valence-electron chi connectivity index (χ1n) is 7.21. The number of para-hydroxylation sites is 1. The van der Waals surface area contributed by atoms with Crippen LogP contribution in [0.15, 0.2) is 54.6 Å². The normalized spacial score (nSPS) is 10.0. The molecular weight excluding hydrogens is 280 g/mol. The predicted molar refractivity (Wildman–Crippen MR) is 87.5 cm³/mol. The first-order chi connectivity index (χ1) is 10.8. The molecular formula is C17H20N2O3. The highest BCUT2D eigenvalue weighted by Crippen LogP contribution is 2.16. The Morgan fingerprint density at radius 1 is 0.909 bits per heavy atom. The van der Waals surface area contributed by atoms with Crippen molar-refractivity contribution in [2.75, 3.05) is 30.5 Å². The van der Waals surface area contributed by atoms with Crippen LogP contribution in [-0.4, -0.2) is 25.9 Å². The van der Waals surface area contributed by atoms with Gasteiger partial charge in [0.15, 0.2) is 0 Å². The highest BCUT2D eigenvalue weighted by atomic mass is 16.5. The van der Waals surface area contributed by atoms with Crippen molar-refractivity contribution in [2.24, 2.45) is 0 Å². The van der Waals surface area contributed by atoms with Crippen molar-refractivity contribution >= 4 is 17.4 Å². The minimum atomic E-state index is -0.281. The van der Waals surface area contributed by atoms with Crippen molar-refractivity contribution in [2.45, 2.75) is 6.92 Å². The standard InChI is InChI=1S/C17H20N2O3/c1-2-21-12-13-22-16-10-8-15(9-11-16)19-17(20)18-14-6-4-3-5-7-14/h3-11H,2,12-13H2,1H3,(H2,18,19,20). The molecule has 0 saturated heterocycles. The van der Waals surface area contributed by atoms with Gasteiger partial charge < -0.3 is 20.1 Å². The maximum absolute atomic E-state index is 11.8. The van der Waals surface area contributed by atoms with E-state index < -0.39 is 0 Å². The van der Waals surface area contributed by atoms with Gasteiger partial charge in [-0.05, 0) is 43.3 Å². The minimum Gasteiger partial charge on any atom is -0.491 e. The molecule has 2 rings (SSSR count). The first-order valence-corrected chi connectivity index (χ1v) is 7.21. The number of carbonyl (C=O) groups is 1. The minimum absolute atomic E-state index is 0.281. The third kappa shape index (κ3) is 5.46. The number of ether oxygens (including phenoxy) is 2. The molecule has 0 bridgehead atoms. The summed E-state index contributed by atoms with van der Waals surface area (Å²) < 4.78 is 10.7. The van der Waals surface area contributed by atoms with Gasteiger partial charge in [-0.15, -0.1) is 0 Å². The highest BCUT2D eigenvalue weighted by Gasteiger charge is 2.02. The number of urea groups is 1. The van der Waals surface area contributed by atoms with E-state index in [4.69, 9.17) is 9.47 Å². The lowest BCUT2D eigenvalue weighted by molar-refractivity contribution is 0.110. The van der Waals surface area contributed by atoms with Crippen LogP contribution < -0.4 is 15.4 Å². The van der Waals surface area contributed by atoms with Gasteiger partial charge in [0.25, 0.3) is 0 Å². The predicted octanol–water partition coefficient (Wildman–Crippen LogP) is 3.75. The van der Waals surface area contributed by atoms with E-state index in [0.717, 1.165) is 11.4 Å². The summed E-state index contributed by atoms with van der Waals surface area (Å²) in [7, 11) is 0. The van der Waals surface area contributed by atoms with Gasteiger partial charge in [0.05, 0.1) is 6.61 Å². The molecule has 5 heteroatoms. The average Bonchev–Trinajstić information content (AvgIpc) is 2.54. The number of anilines is 2. The van der Waals surface area contributed by atoms with Gasteiger partial charge >= 0.3 is 6.03 Å². The molecule has 0 saturated carbocycles. The monoisotopic (exact) mass is 300 g/mol. The van der Waals surface area contributed by atoms with Crippen molar-refractivity contribution in [1.29, 1.82) is 0 Å². The molecule has 0 heterocycles. The number of benzene rings is 2. The van der Waals surface area contributed by atoms with E-state index in [0.29, 0.717) is 25.5 Å². The Kier molecular flexibility index (Phi) is 6.26. The van der Waals surface area contributed by atoms with Gasteiger partial charge in [-0.2, -0.15) is 0 Å². The second-order valence-electron chi connectivity index (χ2n) is 4.51. The fraction of sp³-hybridized carbons (Fsp3) is 0.235. The fourth-order valence-electron chi connectivity index (χ4n) is 1.81. The van der Waals surface area contributed by atoms with E-state index in [9.17, 15) is 4.79 Å². The Morgan fingerprint density at radius 3 is 2.18 bits per heavy atom. The van der Waals surface area contributed by atoms with Crippen LogP contribution in [0.3, 0.4) is 0 Å². The second kappa shape index (κ2) is 8.69. The Balaban J connectivity index is 1.79. The van der Waals surface area contributed by atoms with Gasteiger partial charge in [-0.3, -0.25) is 0 Å². The summed E-state index contributed by atoms with van der Waals surface area (Å²) in [6.45, 7) is 3.70. The summed E-state index contributed by atoms with van der Waals surface area (Å²) in [6, 6.07) is 16.2. The lowest BCUT2D eigenvalue weighted by Gasteiger charge is -2.09. The van der Waals surface area contributed by atoms with Gasteiger partial charge in [0.1, 0.15) is 12.4 Å². The summed E-state index contributed by atoms with van der Waals surface area (Å²) in [4.78, 5) is 11.8. The van der Waals surface area contributed by atoms with E-state index >= 15 is 0 Å². The van der Waals surface area contributed by atoms with E-state index in [2.05, 4.69) is 10.6 Å². The van der Waals surface area contributed by atoms with E-state index in [1.165, 1.54) is 0 Å². The zero-order valence-electron chi connectivity index (χ0n) is 12.5. The summed E-state index contributed by atoms with van der Waals surface area (Å²) in [5.41, 5.74) is 1.45. The van der Waals surface area contributed by atoms with Crippen molar-refractivity contribution in [3.05, 3.63) is 54.6 Å². The van der Waals surface area contributed by atoms with Crippen molar-refractivity contribution in [1.82, 2.24) is 0 Å². The zero-order chi connectivity index (χ0) is 15.6. The van der Waals surface area contributed by atoms with Crippen LogP contribution >= 0.6 is 0 Å². The van der Waals surface area contributed by atoms with E-state index in [1.807, 2.05) is 49.4 Å². The number of amides is 2. The van der Waals surface area contributed by atoms with Crippen LogP contribution in [0.25, 0.3) is 0 Å². The molecule has 5 nitrogen and oxygen atoms in total. The van der Waals surface area contributed by atoms with Crippen molar-refractivity contribution in [3.8, 4) is 5.75 Å². The molecule has 0 spiro atoms. The molecule has 0 aliphatic heterocycles. The number of nitrogens with one attached hydrogen (secondary N) is 2. The molecule has 0 unspecified atom stereocenters. The van der Waals surface area contributed by atoms with Gasteiger partial charge in [-0.25, -0.2) is 4.79 Å². The van der Waals surface area contributed by atoms with Crippen molar-refractivity contribution < 1.29 is 14.3 Å². The van der Waals surface area contributed by atoms with Crippen LogP contribution in [-0.2, 0) is 4.74 Å². The quantitative estimate of drug-likeness (QED) is 0.766. The first kappa shape index (κ1) is 15.9. The summed E-state index contributed by atoms with van der Waals surface area (Å²) >= 11 is 0. The molecule has 2 amide bonds. The molecule has 0 aliphatic carbocycles. The number of carbonyl (C=O) groups excluding carboxylic acids is 1. The molecule has 0 atom stereocenters. The molecule has 0 radical (unpaired) electrons. The molecule has 2 aromatic rings. The highest BCUT2D eigenvalue weighted by molar-refractivity contribution is 5.99. The number of rotatable bonds is 7. The van der Waals surface area contributed by atoms with Gasteiger partial charge in [-0.1, -0.05) is 18.2 Å². The maximum atomic E-state index is 11.8. The Labute approximate surface area is 130 Å². The third-order valence-corrected chi connectivity index (χ3v) is 2.84. The maximum Gasteiger partial charge on any atom is 0.323 e. The summed E-state index contributed by atoms with van der Waals surface area (Å²) in [5.74, 6) is 0.744. The molecule has 116 valence electrons. The lowest BCUT2D eigenvalue weighted by Crippen LogP contribution is -2.19. The van der Waals surface area contributed by atoms with E-state index in [1.54, 1.807) is 12.1 Å². The van der Waals surface area contributed by atoms with Crippen molar-refractivity contribution in [3.63, 3.8) is 0 Å². The van der Waals surface area contributed by atoms with Gasteiger partial charge in [0, 0.05) is 18.0 Å². The largest absolute Gasteiger partial charge is 0.491 e.